The number of thioether (sulfide) groups is 1. The molecule has 1 aromatic rings. The molecule has 0 aromatic heterocycles. The molecule has 0 radical (unpaired) electrons. The van der Waals surface area contributed by atoms with Crippen LogP contribution in [-0.2, 0) is 0 Å². The molecule has 3 nitrogen and oxygen atoms in total. The van der Waals surface area contributed by atoms with Crippen LogP contribution in [0.5, 0.6) is 5.75 Å². The number of benzene rings is 1. The van der Waals surface area contributed by atoms with Crippen molar-refractivity contribution in [3.63, 3.8) is 0 Å². The van der Waals surface area contributed by atoms with Crippen molar-refractivity contribution in [2.24, 2.45) is 0 Å². The van der Waals surface area contributed by atoms with Crippen LogP contribution in [0.2, 0.25) is 5.02 Å². The van der Waals surface area contributed by atoms with E-state index in [-0.39, 0.29) is 6.04 Å². The van der Waals surface area contributed by atoms with Crippen LogP contribution in [0.25, 0.3) is 0 Å². The number of aliphatic hydroxyl groups is 1. The smallest absolute Gasteiger partial charge is 0.123 e. The van der Waals surface area contributed by atoms with Crippen molar-refractivity contribution in [3.05, 3.63) is 28.8 Å². The average molecular weight is 302 g/mol. The van der Waals surface area contributed by atoms with E-state index >= 15 is 0 Å². The maximum atomic E-state index is 10.3. The maximum absolute atomic E-state index is 10.3. The molecule has 106 valence electrons. The second-order valence-corrected chi connectivity index (χ2v) is 6.56. The van der Waals surface area contributed by atoms with Gasteiger partial charge in [0.05, 0.1) is 12.7 Å². The number of halogens is 1. The first-order valence-corrected chi connectivity index (χ1v) is 7.94. The van der Waals surface area contributed by atoms with Crippen LogP contribution in [0.1, 0.15) is 24.9 Å². The van der Waals surface area contributed by atoms with Gasteiger partial charge in [0.15, 0.2) is 0 Å². The molecule has 0 unspecified atom stereocenters. The summed E-state index contributed by atoms with van der Waals surface area (Å²) >= 11 is 7.84. The molecule has 1 fully saturated rings. The van der Waals surface area contributed by atoms with Gasteiger partial charge in [-0.1, -0.05) is 11.6 Å². The van der Waals surface area contributed by atoms with Crippen LogP contribution in [0, 0.1) is 0 Å². The Balaban J connectivity index is 2.03. The lowest BCUT2D eigenvalue weighted by Crippen LogP contribution is -2.41. The topological polar surface area (TPSA) is 41.5 Å². The first-order valence-electron chi connectivity index (χ1n) is 6.41. The molecule has 0 saturated carbocycles. The molecule has 1 saturated heterocycles. The first kappa shape index (κ1) is 15.0. The summed E-state index contributed by atoms with van der Waals surface area (Å²) in [6.45, 7) is 2.65. The zero-order chi connectivity index (χ0) is 13.9. The van der Waals surface area contributed by atoms with Crippen LogP contribution in [0.3, 0.4) is 0 Å². The molecule has 1 heterocycles. The van der Waals surface area contributed by atoms with Crippen molar-refractivity contribution in [3.8, 4) is 5.75 Å². The van der Waals surface area contributed by atoms with Gasteiger partial charge in [-0.05, 0) is 37.3 Å². The van der Waals surface area contributed by atoms with Gasteiger partial charge in [-0.25, -0.2) is 0 Å². The normalized spacial score (nSPS) is 24.4. The highest BCUT2D eigenvalue weighted by Crippen LogP contribution is 2.30. The molecule has 2 atom stereocenters. The van der Waals surface area contributed by atoms with Crippen molar-refractivity contribution >= 4 is 23.4 Å². The van der Waals surface area contributed by atoms with E-state index in [0.717, 1.165) is 29.2 Å². The standard InChI is InChI=1S/C14H20ClNO2S/c1-10(16-8-14(17)5-6-19-9-14)12-7-11(15)3-4-13(12)18-2/h3-4,7,10,16-17H,5-6,8-9H2,1-2H3/t10-,14+/m1/s1. The van der Waals surface area contributed by atoms with Crippen molar-refractivity contribution in [2.45, 2.75) is 25.0 Å². The maximum Gasteiger partial charge on any atom is 0.123 e. The fourth-order valence-corrected chi connectivity index (χ4v) is 3.71. The number of methoxy groups -OCH3 is 1. The molecular weight excluding hydrogens is 282 g/mol. The Kier molecular flexibility index (Phi) is 5.01. The Morgan fingerprint density at radius 2 is 2.37 bits per heavy atom. The van der Waals surface area contributed by atoms with Crippen LogP contribution >= 0.6 is 23.4 Å². The molecule has 0 amide bonds. The van der Waals surface area contributed by atoms with Crippen molar-refractivity contribution in [1.29, 1.82) is 0 Å². The van der Waals surface area contributed by atoms with E-state index < -0.39 is 5.60 Å². The van der Waals surface area contributed by atoms with E-state index in [4.69, 9.17) is 16.3 Å². The summed E-state index contributed by atoms with van der Waals surface area (Å²) in [5.41, 5.74) is 0.439. The third kappa shape index (κ3) is 3.78. The number of ether oxygens (including phenoxy) is 1. The number of rotatable bonds is 5. The van der Waals surface area contributed by atoms with Gasteiger partial charge in [-0.2, -0.15) is 11.8 Å². The van der Waals surface area contributed by atoms with Gasteiger partial charge in [0.25, 0.3) is 0 Å². The Labute approximate surface area is 123 Å². The molecule has 19 heavy (non-hydrogen) atoms. The molecule has 0 bridgehead atoms. The molecule has 0 spiro atoms. The highest BCUT2D eigenvalue weighted by atomic mass is 35.5. The Bertz CT molecular complexity index is 435. The Morgan fingerprint density at radius 3 is 3.00 bits per heavy atom. The second kappa shape index (κ2) is 6.35. The highest BCUT2D eigenvalue weighted by molar-refractivity contribution is 7.99. The minimum absolute atomic E-state index is 0.0864. The summed E-state index contributed by atoms with van der Waals surface area (Å²) in [6.07, 6.45) is 0.851. The largest absolute Gasteiger partial charge is 0.496 e. The van der Waals surface area contributed by atoms with Crippen molar-refractivity contribution in [2.75, 3.05) is 25.2 Å². The molecule has 2 rings (SSSR count). The average Bonchev–Trinajstić information content (AvgIpc) is 2.83. The summed E-state index contributed by atoms with van der Waals surface area (Å²) in [4.78, 5) is 0. The van der Waals surface area contributed by atoms with E-state index in [1.54, 1.807) is 18.9 Å². The molecule has 2 N–H and O–H groups in total. The number of nitrogens with one attached hydrogen (secondary N) is 1. The highest BCUT2D eigenvalue weighted by Gasteiger charge is 2.31. The summed E-state index contributed by atoms with van der Waals surface area (Å²) < 4.78 is 5.35. The van der Waals surface area contributed by atoms with Crippen LogP contribution in [-0.4, -0.2) is 35.9 Å². The zero-order valence-corrected chi connectivity index (χ0v) is 12.9. The monoisotopic (exact) mass is 301 g/mol. The summed E-state index contributed by atoms with van der Waals surface area (Å²) in [6, 6.07) is 5.68. The Morgan fingerprint density at radius 1 is 1.58 bits per heavy atom. The van der Waals surface area contributed by atoms with Crippen molar-refractivity contribution in [1.82, 2.24) is 5.32 Å². The molecule has 5 heteroatoms. The Hall–Kier alpha value is -0.420. The van der Waals surface area contributed by atoms with Crippen LogP contribution < -0.4 is 10.1 Å². The summed E-state index contributed by atoms with van der Waals surface area (Å²) in [7, 11) is 1.65. The second-order valence-electron chi connectivity index (χ2n) is 5.02. The number of hydrogen-bond acceptors (Lipinski definition) is 4. The fourth-order valence-electron chi connectivity index (χ4n) is 2.23. The first-order chi connectivity index (χ1) is 9.04. The van der Waals surface area contributed by atoms with Crippen LogP contribution in [0.4, 0.5) is 0 Å². The predicted octanol–water partition coefficient (Wildman–Crippen LogP) is 2.87. The molecular formula is C14H20ClNO2S. The van der Waals surface area contributed by atoms with E-state index in [2.05, 4.69) is 12.2 Å². The fraction of sp³-hybridized carbons (Fsp3) is 0.571. The molecule has 0 aliphatic carbocycles. The minimum atomic E-state index is -0.579. The summed E-state index contributed by atoms with van der Waals surface area (Å²) in [5, 5.41) is 14.4. The third-order valence-electron chi connectivity index (χ3n) is 3.48. The quantitative estimate of drug-likeness (QED) is 0.877. The van der Waals surface area contributed by atoms with E-state index in [9.17, 15) is 5.11 Å². The van der Waals surface area contributed by atoms with E-state index in [1.807, 2.05) is 18.2 Å². The zero-order valence-electron chi connectivity index (χ0n) is 11.3. The number of hydrogen-bond donors (Lipinski definition) is 2. The van der Waals surface area contributed by atoms with Gasteiger partial charge in [-0.3, -0.25) is 0 Å². The molecule has 1 aromatic carbocycles. The van der Waals surface area contributed by atoms with Crippen LogP contribution in [0.15, 0.2) is 18.2 Å². The lowest BCUT2D eigenvalue weighted by molar-refractivity contribution is 0.0650. The molecule has 1 aliphatic rings. The lowest BCUT2D eigenvalue weighted by Gasteiger charge is -2.25. The minimum Gasteiger partial charge on any atom is -0.496 e. The van der Waals surface area contributed by atoms with Gasteiger partial charge in [0, 0.05) is 28.9 Å². The predicted molar refractivity (Wildman–Crippen MR) is 81.3 cm³/mol. The van der Waals surface area contributed by atoms with E-state index in [0.29, 0.717) is 11.6 Å². The van der Waals surface area contributed by atoms with Gasteiger partial charge in [-0.15, -0.1) is 0 Å². The SMILES string of the molecule is COc1ccc(Cl)cc1[C@@H](C)NC[C@@]1(O)CCSC1. The third-order valence-corrected chi connectivity index (χ3v) is 4.95. The van der Waals surface area contributed by atoms with Gasteiger partial charge >= 0.3 is 0 Å². The van der Waals surface area contributed by atoms with Gasteiger partial charge < -0.3 is 15.2 Å². The lowest BCUT2D eigenvalue weighted by atomic mass is 10.0. The van der Waals surface area contributed by atoms with Crippen molar-refractivity contribution < 1.29 is 9.84 Å². The van der Waals surface area contributed by atoms with E-state index in [1.165, 1.54) is 0 Å². The molecule has 1 aliphatic heterocycles. The van der Waals surface area contributed by atoms with Gasteiger partial charge in [0.2, 0.25) is 0 Å². The summed E-state index contributed by atoms with van der Waals surface area (Å²) in [5.74, 6) is 2.66. The van der Waals surface area contributed by atoms with Gasteiger partial charge in [0.1, 0.15) is 5.75 Å².